The first-order valence-corrected chi connectivity index (χ1v) is 12.1. The molecule has 0 unspecified atom stereocenters. The Morgan fingerprint density at radius 3 is 2.67 bits per heavy atom. The van der Waals surface area contributed by atoms with Gasteiger partial charge < -0.3 is 25.3 Å². The highest BCUT2D eigenvalue weighted by Gasteiger charge is 2.33. The topological polar surface area (TPSA) is 146 Å². The molecule has 6 rings (SSSR count). The highest BCUT2D eigenvalue weighted by atomic mass is 19.3. The Morgan fingerprint density at radius 1 is 1.26 bits per heavy atom. The second-order valence-electron chi connectivity index (χ2n) is 9.19. The van der Waals surface area contributed by atoms with Crippen LogP contribution in [-0.2, 0) is 18.4 Å². The van der Waals surface area contributed by atoms with Gasteiger partial charge in [0.2, 0.25) is 17.7 Å². The van der Waals surface area contributed by atoms with E-state index in [-0.39, 0.29) is 46.5 Å². The number of rotatable bonds is 6. The number of nitrogens with one attached hydrogen (secondary N) is 1. The van der Waals surface area contributed by atoms with E-state index in [1.807, 2.05) is 0 Å². The van der Waals surface area contributed by atoms with Gasteiger partial charge in [-0.1, -0.05) is 0 Å². The summed E-state index contributed by atoms with van der Waals surface area (Å²) in [7, 11) is 1.55. The molecule has 15 heteroatoms. The summed E-state index contributed by atoms with van der Waals surface area (Å²) >= 11 is 0. The predicted octanol–water partition coefficient (Wildman–Crippen LogP) is 3.39. The van der Waals surface area contributed by atoms with Crippen LogP contribution in [0.5, 0.6) is 11.8 Å². The van der Waals surface area contributed by atoms with Crippen LogP contribution in [0.1, 0.15) is 31.4 Å². The second kappa shape index (κ2) is 10.6. The van der Waals surface area contributed by atoms with E-state index in [4.69, 9.17) is 15.6 Å². The molecule has 1 saturated carbocycles. The average Bonchev–Trinajstić information content (AvgIpc) is 3.54. The largest absolute Gasteiger partial charge is 0.477 e. The van der Waals surface area contributed by atoms with Crippen molar-refractivity contribution in [3.63, 3.8) is 0 Å². The zero-order valence-electron chi connectivity index (χ0n) is 20.7. The van der Waals surface area contributed by atoms with Gasteiger partial charge in [-0.05, 0) is 25.0 Å². The Morgan fingerprint density at radius 2 is 2.03 bits per heavy atom. The molecular weight excluding hydrogens is 526 g/mol. The van der Waals surface area contributed by atoms with E-state index in [0.717, 1.165) is 0 Å². The van der Waals surface area contributed by atoms with Crippen molar-refractivity contribution in [3.8, 4) is 34.1 Å². The Bertz CT molecular complexity index is 1490. The predicted molar refractivity (Wildman–Crippen MR) is 129 cm³/mol. The lowest BCUT2D eigenvalue weighted by Gasteiger charge is -2.28. The van der Waals surface area contributed by atoms with Crippen molar-refractivity contribution in [3.05, 3.63) is 30.2 Å². The molecule has 1 amide bonds. The molecule has 5 heterocycles. The molecule has 4 N–H and O–H groups in total. The fraction of sp³-hybridized carbons (Fsp3) is 0.417. The van der Waals surface area contributed by atoms with Gasteiger partial charge in [-0.2, -0.15) is 13.9 Å². The van der Waals surface area contributed by atoms with Crippen LogP contribution in [0.3, 0.4) is 0 Å². The van der Waals surface area contributed by atoms with Crippen LogP contribution in [0, 0.1) is 5.92 Å². The summed E-state index contributed by atoms with van der Waals surface area (Å²) < 4.78 is 66.9. The number of aryl methyl sites for hydroxylation is 2. The zero-order chi connectivity index (χ0) is 27.8. The van der Waals surface area contributed by atoms with E-state index in [2.05, 4.69) is 24.9 Å². The Labute approximate surface area is 218 Å². The number of alkyl halides is 4. The number of aromatic nitrogens is 6. The first-order valence-electron chi connectivity index (χ1n) is 12.1. The Kier molecular flexibility index (Phi) is 7.16. The molecule has 1 aliphatic heterocycles. The molecular formula is C24H25F4N7O4. The minimum absolute atomic E-state index is 0.0509. The maximum absolute atomic E-state index is 13.9. The first-order chi connectivity index (χ1) is 18.6. The standard InChI is InChI=1S/C19H16F4N6O2.C5H9NO2/c1-28-8-10(17(27-28)31-19(22)23)11-9-4-2-5-24-16(9)25-13(11)12-14(15(20)21)26-29-6-3-7-30-18(12)29;6-5(8)3-1-4(7)2-3/h2,4-5,8,15,19H,3,6-7H2,1H3,(H,24,25);3-4,7H,1-2H2,(H2,6,8). The van der Waals surface area contributed by atoms with Crippen LogP contribution in [0.4, 0.5) is 17.6 Å². The van der Waals surface area contributed by atoms with E-state index in [1.165, 1.54) is 21.8 Å². The average molecular weight is 552 g/mol. The molecule has 11 nitrogen and oxygen atoms in total. The molecule has 39 heavy (non-hydrogen) atoms. The summed E-state index contributed by atoms with van der Waals surface area (Å²) in [6, 6.07) is 3.36. The number of amides is 1. The van der Waals surface area contributed by atoms with E-state index < -0.39 is 18.7 Å². The quantitative estimate of drug-likeness (QED) is 0.311. The number of ether oxygens (including phenoxy) is 2. The molecule has 0 saturated heterocycles. The first kappa shape index (κ1) is 26.5. The van der Waals surface area contributed by atoms with Gasteiger partial charge in [0, 0.05) is 49.3 Å². The van der Waals surface area contributed by atoms with Crippen LogP contribution in [0.15, 0.2) is 24.5 Å². The SMILES string of the molecule is Cn1cc(-c2c(-c3c(C(F)F)nn4c3OCCC4)[nH]c3ncccc23)c(OC(F)F)n1.NC(=O)C1CC(O)C1. The number of aliphatic hydroxyl groups excluding tert-OH is 1. The highest BCUT2D eigenvalue weighted by molar-refractivity contribution is 6.04. The summed E-state index contributed by atoms with van der Waals surface area (Å²) in [5.41, 5.74) is 5.66. The van der Waals surface area contributed by atoms with E-state index in [1.54, 1.807) is 19.2 Å². The molecule has 0 atom stereocenters. The summed E-state index contributed by atoms with van der Waals surface area (Å²) in [6.45, 7) is -2.33. The van der Waals surface area contributed by atoms with Crippen LogP contribution in [-0.4, -0.2) is 59.9 Å². The number of pyridine rings is 1. The number of fused-ring (bicyclic) bond motifs is 2. The number of aromatic amines is 1. The van der Waals surface area contributed by atoms with Gasteiger partial charge in [-0.25, -0.2) is 18.4 Å². The number of primary amides is 1. The number of halogens is 4. The number of H-pyrrole nitrogens is 1. The Balaban J connectivity index is 0.000000332. The van der Waals surface area contributed by atoms with Gasteiger partial charge in [0.15, 0.2) is 0 Å². The lowest BCUT2D eigenvalue weighted by atomic mass is 9.82. The zero-order valence-corrected chi connectivity index (χ0v) is 20.7. The van der Waals surface area contributed by atoms with E-state index in [0.29, 0.717) is 49.0 Å². The van der Waals surface area contributed by atoms with E-state index in [9.17, 15) is 22.4 Å². The van der Waals surface area contributed by atoms with Crippen molar-refractivity contribution in [2.75, 3.05) is 6.61 Å². The van der Waals surface area contributed by atoms with Crippen molar-refractivity contribution >= 4 is 16.9 Å². The summed E-state index contributed by atoms with van der Waals surface area (Å²) in [4.78, 5) is 17.5. The number of hydrogen-bond donors (Lipinski definition) is 3. The van der Waals surface area contributed by atoms with Gasteiger partial charge in [0.05, 0.1) is 29.5 Å². The number of hydrogen-bond acceptors (Lipinski definition) is 7. The van der Waals surface area contributed by atoms with Gasteiger partial charge >= 0.3 is 6.61 Å². The van der Waals surface area contributed by atoms with Gasteiger partial charge in [-0.3, -0.25) is 9.48 Å². The monoisotopic (exact) mass is 551 g/mol. The molecule has 208 valence electrons. The maximum Gasteiger partial charge on any atom is 0.388 e. The van der Waals surface area contributed by atoms with Gasteiger partial charge in [0.1, 0.15) is 11.3 Å². The highest BCUT2D eigenvalue weighted by Crippen LogP contribution is 2.47. The maximum atomic E-state index is 13.9. The summed E-state index contributed by atoms with van der Waals surface area (Å²) in [5.74, 6) is -0.473. The van der Waals surface area contributed by atoms with Crippen molar-refractivity contribution in [2.24, 2.45) is 18.7 Å². The van der Waals surface area contributed by atoms with Crippen LogP contribution < -0.4 is 15.2 Å². The molecule has 1 aliphatic carbocycles. The second-order valence-corrected chi connectivity index (χ2v) is 9.19. The smallest absolute Gasteiger partial charge is 0.388 e. The molecule has 0 aromatic carbocycles. The molecule has 0 bridgehead atoms. The minimum Gasteiger partial charge on any atom is -0.477 e. The fourth-order valence-electron chi connectivity index (χ4n) is 4.65. The van der Waals surface area contributed by atoms with E-state index >= 15 is 0 Å². The number of aliphatic hydroxyl groups is 1. The van der Waals surface area contributed by atoms with Crippen LogP contribution in [0.25, 0.3) is 33.4 Å². The van der Waals surface area contributed by atoms with Crippen molar-refractivity contribution in [1.82, 2.24) is 29.5 Å². The lowest BCUT2D eigenvalue weighted by molar-refractivity contribution is -0.128. The van der Waals surface area contributed by atoms with Gasteiger partial charge in [0.25, 0.3) is 6.43 Å². The molecule has 0 spiro atoms. The number of nitrogens with zero attached hydrogens (tertiary/aromatic N) is 5. The summed E-state index contributed by atoms with van der Waals surface area (Å²) in [6.07, 6.45) is 1.62. The molecule has 1 fully saturated rings. The number of nitrogens with two attached hydrogens (primary N) is 1. The fourth-order valence-corrected chi connectivity index (χ4v) is 4.65. The number of carbonyl (C=O) groups is 1. The lowest BCUT2D eigenvalue weighted by Crippen LogP contribution is -2.37. The normalized spacial score (nSPS) is 18.4. The van der Waals surface area contributed by atoms with Crippen LogP contribution >= 0.6 is 0 Å². The van der Waals surface area contributed by atoms with Crippen molar-refractivity contribution in [1.29, 1.82) is 0 Å². The minimum atomic E-state index is -3.11. The van der Waals surface area contributed by atoms with Crippen molar-refractivity contribution < 1.29 is 36.9 Å². The molecule has 2 aliphatic rings. The van der Waals surface area contributed by atoms with Crippen LogP contribution in [0.2, 0.25) is 0 Å². The third-order valence-corrected chi connectivity index (χ3v) is 6.49. The molecule has 4 aromatic rings. The molecule has 0 radical (unpaired) electrons. The van der Waals surface area contributed by atoms with Crippen molar-refractivity contribution in [2.45, 2.75) is 44.9 Å². The van der Waals surface area contributed by atoms with Gasteiger partial charge in [-0.15, -0.1) is 5.10 Å². The summed E-state index contributed by atoms with van der Waals surface area (Å²) in [5, 5.41) is 17.2. The molecule has 4 aromatic heterocycles. The Hall–Kier alpha value is -4.14. The third-order valence-electron chi connectivity index (χ3n) is 6.49. The third kappa shape index (κ3) is 5.13. The number of carbonyl (C=O) groups excluding carboxylic acids is 1.